The van der Waals surface area contributed by atoms with Gasteiger partial charge in [0.25, 0.3) is 0 Å². The minimum absolute atomic E-state index is 0.00464. The van der Waals surface area contributed by atoms with Gasteiger partial charge in [0, 0.05) is 27.3 Å². The third-order valence-electron chi connectivity index (χ3n) is 2.96. The van der Waals surface area contributed by atoms with Gasteiger partial charge in [0.15, 0.2) is 0 Å². The summed E-state index contributed by atoms with van der Waals surface area (Å²) in [7, 11) is 3.33. The van der Waals surface area contributed by atoms with Crippen LogP contribution in [0.25, 0.3) is 0 Å². The molecule has 0 aliphatic carbocycles. The van der Waals surface area contributed by atoms with E-state index in [1.807, 2.05) is 12.1 Å². The van der Waals surface area contributed by atoms with Crippen LogP contribution in [-0.4, -0.2) is 45.0 Å². The molecule has 0 bridgehead atoms. The molecule has 21 heavy (non-hydrogen) atoms. The third-order valence-corrected chi connectivity index (χ3v) is 3.30. The highest BCUT2D eigenvalue weighted by Crippen LogP contribution is 2.16. The van der Waals surface area contributed by atoms with Crippen molar-refractivity contribution in [3.63, 3.8) is 0 Å². The molecule has 1 aromatic rings. The first-order chi connectivity index (χ1) is 10.1. The van der Waals surface area contributed by atoms with Crippen LogP contribution in [-0.2, 0) is 16.0 Å². The van der Waals surface area contributed by atoms with Crippen molar-refractivity contribution in [2.24, 2.45) is 5.92 Å². The van der Waals surface area contributed by atoms with E-state index < -0.39 is 0 Å². The molecule has 0 saturated heterocycles. The second-order valence-electron chi connectivity index (χ2n) is 5.34. The molecule has 0 aliphatic rings. The fraction of sp³-hybridized carbons (Fsp3) is 0.667. The Balaban J connectivity index is 2.55. The summed E-state index contributed by atoms with van der Waals surface area (Å²) >= 11 is 6.18. The Morgan fingerprint density at radius 2 is 2.00 bits per heavy atom. The maximum Gasteiger partial charge on any atom is 0.126 e. The molecular formula is C15H26ClN3O2. The highest BCUT2D eigenvalue weighted by Gasteiger charge is 2.08. The average molecular weight is 316 g/mol. The number of nitrogens with one attached hydrogen (secondary N) is 2. The van der Waals surface area contributed by atoms with Crippen molar-refractivity contribution in [1.29, 1.82) is 0 Å². The molecule has 0 fully saturated rings. The molecular weight excluding hydrogens is 290 g/mol. The van der Waals surface area contributed by atoms with E-state index in [4.69, 9.17) is 21.1 Å². The van der Waals surface area contributed by atoms with Gasteiger partial charge in [0.2, 0.25) is 0 Å². The number of methoxy groups -OCH3 is 2. The predicted molar refractivity (Wildman–Crippen MR) is 87.0 cm³/mol. The number of ether oxygens (including phenoxy) is 2. The van der Waals surface area contributed by atoms with Crippen molar-refractivity contribution < 1.29 is 9.47 Å². The number of pyridine rings is 1. The van der Waals surface area contributed by atoms with Crippen LogP contribution in [0.3, 0.4) is 0 Å². The number of hydrogen-bond acceptors (Lipinski definition) is 5. The molecule has 1 unspecified atom stereocenters. The van der Waals surface area contributed by atoms with Crippen LogP contribution in [0, 0.1) is 5.92 Å². The summed E-state index contributed by atoms with van der Waals surface area (Å²) in [6.07, 6.45) is -0.00464. The molecule has 1 atom stereocenters. The predicted octanol–water partition coefficient (Wildman–Crippen LogP) is 2.55. The van der Waals surface area contributed by atoms with Gasteiger partial charge < -0.3 is 20.1 Å². The Morgan fingerprint density at radius 1 is 1.24 bits per heavy atom. The second kappa shape index (κ2) is 9.95. The van der Waals surface area contributed by atoms with Crippen molar-refractivity contribution in [1.82, 2.24) is 10.3 Å². The molecule has 0 saturated carbocycles. The molecule has 0 aromatic carbocycles. The lowest BCUT2D eigenvalue weighted by atomic mass is 10.2. The minimum Gasteiger partial charge on any atom is -0.382 e. The number of nitrogens with zero attached hydrogens (tertiary/aromatic N) is 1. The molecule has 5 nitrogen and oxygen atoms in total. The Labute approximate surface area is 132 Å². The first-order valence-electron chi connectivity index (χ1n) is 7.18. The average Bonchev–Trinajstić information content (AvgIpc) is 2.45. The van der Waals surface area contributed by atoms with Gasteiger partial charge in [-0.3, -0.25) is 0 Å². The normalized spacial score (nSPS) is 12.7. The monoisotopic (exact) mass is 315 g/mol. The topological polar surface area (TPSA) is 55.4 Å². The lowest BCUT2D eigenvalue weighted by molar-refractivity contribution is 0.0365. The van der Waals surface area contributed by atoms with Crippen LogP contribution in [0.5, 0.6) is 0 Å². The largest absolute Gasteiger partial charge is 0.382 e. The maximum absolute atomic E-state index is 6.18. The van der Waals surface area contributed by atoms with Crippen molar-refractivity contribution in [3.05, 3.63) is 22.8 Å². The van der Waals surface area contributed by atoms with E-state index in [-0.39, 0.29) is 6.10 Å². The lowest BCUT2D eigenvalue weighted by Gasteiger charge is -2.16. The fourth-order valence-corrected chi connectivity index (χ4v) is 1.97. The molecule has 1 rings (SSSR count). The minimum atomic E-state index is -0.00464. The Kier molecular flexibility index (Phi) is 8.61. The molecule has 0 radical (unpaired) electrons. The SMILES string of the molecule is COCC(CNc1ccc(Cl)c(CNCC(C)C)n1)OC. The summed E-state index contributed by atoms with van der Waals surface area (Å²) in [6.45, 7) is 7.12. The van der Waals surface area contributed by atoms with E-state index in [0.29, 0.717) is 30.6 Å². The van der Waals surface area contributed by atoms with Gasteiger partial charge in [0.1, 0.15) is 5.82 Å². The summed E-state index contributed by atoms with van der Waals surface area (Å²) < 4.78 is 10.4. The van der Waals surface area contributed by atoms with E-state index in [0.717, 1.165) is 18.1 Å². The summed E-state index contributed by atoms with van der Waals surface area (Å²) in [5.74, 6) is 1.39. The van der Waals surface area contributed by atoms with Crippen molar-refractivity contribution >= 4 is 17.4 Å². The van der Waals surface area contributed by atoms with Crippen LogP contribution >= 0.6 is 11.6 Å². The lowest BCUT2D eigenvalue weighted by Crippen LogP contribution is -2.27. The van der Waals surface area contributed by atoms with Crippen molar-refractivity contribution in [2.45, 2.75) is 26.5 Å². The van der Waals surface area contributed by atoms with Gasteiger partial charge in [-0.1, -0.05) is 25.4 Å². The smallest absolute Gasteiger partial charge is 0.126 e. The van der Waals surface area contributed by atoms with Crippen LogP contribution in [0.1, 0.15) is 19.5 Å². The molecule has 2 N–H and O–H groups in total. The molecule has 1 heterocycles. The number of halogens is 1. The number of hydrogen-bond donors (Lipinski definition) is 2. The Bertz CT molecular complexity index is 416. The van der Waals surface area contributed by atoms with Crippen LogP contribution in [0.2, 0.25) is 5.02 Å². The number of rotatable bonds is 10. The van der Waals surface area contributed by atoms with E-state index in [1.54, 1.807) is 14.2 Å². The summed E-state index contributed by atoms with van der Waals surface area (Å²) in [4.78, 5) is 4.53. The van der Waals surface area contributed by atoms with Gasteiger partial charge >= 0.3 is 0 Å². The van der Waals surface area contributed by atoms with E-state index in [2.05, 4.69) is 29.5 Å². The van der Waals surface area contributed by atoms with Gasteiger partial charge in [-0.15, -0.1) is 0 Å². The standard InChI is InChI=1S/C15H26ClN3O2/c1-11(2)7-17-9-14-13(16)5-6-15(19-14)18-8-12(21-4)10-20-3/h5-6,11-12,17H,7-10H2,1-4H3,(H,18,19). The summed E-state index contributed by atoms with van der Waals surface area (Å²) in [5, 5.41) is 7.27. The molecule has 120 valence electrons. The van der Waals surface area contributed by atoms with Crippen molar-refractivity contribution in [3.8, 4) is 0 Å². The van der Waals surface area contributed by atoms with E-state index >= 15 is 0 Å². The van der Waals surface area contributed by atoms with Crippen LogP contribution < -0.4 is 10.6 Å². The van der Waals surface area contributed by atoms with Gasteiger partial charge in [0.05, 0.1) is 23.4 Å². The quantitative estimate of drug-likeness (QED) is 0.695. The molecule has 0 aliphatic heterocycles. The van der Waals surface area contributed by atoms with E-state index in [1.165, 1.54) is 0 Å². The van der Waals surface area contributed by atoms with Crippen LogP contribution in [0.4, 0.5) is 5.82 Å². The van der Waals surface area contributed by atoms with Crippen LogP contribution in [0.15, 0.2) is 12.1 Å². The van der Waals surface area contributed by atoms with Gasteiger partial charge in [-0.05, 0) is 24.6 Å². The molecule has 0 amide bonds. The molecule has 0 spiro atoms. The van der Waals surface area contributed by atoms with E-state index in [9.17, 15) is 0 Å². The number of aromatic nitrogens is 1. The first kappa shape index (κ1) is 18.2. The summed E-state index contributed by atoms with van der Waals surface area (Å²) in [6, 6.07) is 3.73. The Morgan fingerprint density at radius 3 is 2.62 bits per heavy atom. The highest BCUT2D eigenvalue weighted by atomic mass is 35.5. The maximum atomic E-state index is 6.18. The fourth-order valence-electron chi connectivity index (χ4n) is 1.80. The zero-order valence-corrected chi connectivity index (χ0v) is 14.0. The Hall–Kier alpha value is -0.880. The number of anilines is 1. The molecule has 1 aromatic heterocycles. The highest BCUT2D eigenvalue weighted by molar-refractivity contribution is 6.31. The second-order valence-corrected chi connectivity index (χ2v) is 5.75. The zero-order valence-electron chi connectivity index (χ0n) is 13.3. The first-order valence-corrected chi connectivity index (χ1v) is 7.56. The van der Waals surface area contributed by atoms with Gasteiger partial charge in [-0.2, -0.15) is 0 Å². The summed E-state index contributed by atoms with van der Waals surface area (Å²) in [5.41, 5.74) is 0.850. The van der Waals surface area contributed by atoms with Crippen molar-refractivity contribution in [2.75, 3.05) is 39.2 Å². The third kappa shape index (κ3) is 7.09. The molecule has 6 heteroatoms. The zero-order chi connectivity index (χ0) is 15.7. The van der Waals surface area contributed by atoms with Gasteiger partial charge in [-0.25, -0.2) is 4.98 Å².